The van der Waals surface area contributed by atoms with E-state index in [0.29, 0.717) is 12.8 Å². The second-order valence-electron chi connectivity index (χ2n) is 8.36. The fraction of sp³-hybridized carbons (Fsp3) is 0.700. The van der Waals surface area contributed by atoms with Crippen molar-refractivity contribution in [1.82, 2.24) is 16.0 Å². The van der Waals surface area contributed by atoms with Crippen LogP contribution in [0.25, 0.3) is 0 Å². The number of carboxylic acid groups (broad SMARTS) is 1. The van der Waals surface area contributed by atoms with Crippen molar-refractivity contribution in [3.8, 4) is 0 Å². The molecule has 0 aliphatic rings. The lowest BCUT2D eigenvalue weighted by Gasteiger charge is -2.24. The molecule has 15 nitrogen and oxygen atoms in total. The average Bonchev–Trinajstić information content (AvgIpc) is 2.76. The zero-order valence-electron chi connectivity index (χ0n) is 20.5. The number of rotatable bonds is 16. The third-order valence-corrected chi connectivity index (χ3v) is 4.91. The van der Waals surface area contributed by atoms with Crippen LogP contribution >= 0.6 is 0 Å². The molecular formula is C20H40N10O5. The van der Waals surface area contributed by atoms with Crippen LogP contribution in [0.4, 0.5) is 0 Å². The molecule has 3 amide bonds. The van der Waals surface area contributed by atoms with Crippen molar-refractivity contribution in [2.75, 3.05) is 13.1 Å². The van der Waals surface area contributed by atoms with E-state index in [1.165, 1.54) is 6.92 Å². The average molecular weight is 501 g/mol. The minimum Gasteiger partial charge on any atom is -0.480 e. The van der Waals surface area contributed by atoms with Gasteiger partial charge in [0, 0.05) is 13.1 Å². The van der Waals surface area contributed by atoms with E-state index in [1.54, 1.807) is 13.8 Å². The quantitative estimate of drug-likeness (QED) is 0.0576. The molecule has 0 rings (SSSR count). The van der Waals surface area contributed by atoms with Crippen molar-refractivity contribution < 1.29 is 24.3 Å². The zero-order valence-corrected chi connectivity index (χ0v) is 20.5. The minimum absolute atomic E-state index is 0.0785. The monoisotopic (exact) mass is 500 g/mol. The van der Waals surface area contributed by atoms with Gasteiger partial charge in [-0.15, -0.1) is 0 Å². The molecule has 4 unspecified atom stereocenters. The van der Waals surface area contributed by atoms with Crippen LogP contribution in [0.15, 0.2) is 9.98 Å². The van der Waals surface area contributed by atoms with Crippen molar-refractivity contribution in [3.05, 3.63) is 0 Å². The minimum atomic E-state index is -1.24. The molecule has 0 radical (unpaired) electrons. The molecule has 0 fully saturated rings. The highest BCUT2D eigenvalue weighted by atomic mass is 16.4. The lowest BCUT2D eigenvalue weighted by molar-refractivity contribution is -0.142. The van der Waals surface area contributed by atoms with Gasteiger partial charge in [-0.05, 0) is 38.5 Å². The summed E-state index contributed by atoms with van der Waals surface area (Å²) in [5, 5.41) is 16.8. The number of carbonyl (C=O) groups excluding carboxylic acids is 3. The second kappa shape index (κ2) is 16.1. The summed E-state index contributed by atoms with van der Waals surface area (Å²) in [5.74, 6) is -3.50. The predicted octanol–water partition coefficient (Wildman–Crippen LogP) is -3.36. The standard InChI is InChI=1S/C20H40N10O5/c1-10(2)14(21)17(33)29-12(6-4-8-26-19(22)23)16(32)28-11(3)15(31)30-13(18(34)35)7-5-9-27-20(24)25/h10-14H,4-9,21H2,1-3H3,(H,28,32)(H,29,33)(H,30,31)(H,34,35)(H4,22,23,26)(H4,24,25,27). The summed E-state index contributed by atoms with van der Waals surface area (Å²) in [6.45, 7) is 5.35. The molecular weight excluding hydrogens is 460 g/mol. The van der Waals surface area contributed by atoms with E-state index in [9.17, 15) is 24.3 Å². The van der Waals surface area contributed by atoms with E-state index in [0.717, 1.165) is 0 Å². The Morgan fingerprint density at radius 2 is 1.20 bits per heavy atom. The fourth-order valence-electron chi connectivity index (χ4n) is 2.78. The number of carboxylic acids is 1. The fourth-order valence-corrected chi connectivity index (χ4v) is 2.78. The Morgan fingerprint density at radius 1 is 0.743 bits per heavy atom. The van der Waals surface area contributed by atoms with Crippen LogP contribution in [0.5, 0.6) is 0 Å². The van der Waals surface area contributed by atoms with E-state index < -0.39 is 47.9 Å². The Hall–Kier alpha value is -3.62. The van der Waals surface area contributed by atoms with Crippen LogP contribution in [-0.2, 0) is 19.2 Å². The first kappa shape index (κ1) is 31.4. The number of carbonyl (C=O) groups is 4. The normalized spacial score (nSPS) is 14.1. The summed E-state index contributed by atoms with van der Waals surface area (Å²) in [4.78, 5) is 56.8. The van der Waals surface area contributed by atoms with E-state index in [4.69, 9.17) is 28.7 Å². The van der Waals surface area contributed by atoms with Gasteiger partial charge in [-0.3, -0.25) is 24.4 Å². The maximum atomic E-state index is 12.8. The number of hydrogen-bond acceptors (Lipinski definition) is 7. The van der Waals surface area contributed by atoms with Crippen molar-refractivity contribution >= 4 is 35.6 Å². The molecule has 0 aromatic heterocycles. The van der Waals surface area contributed by atoms with Crippen LogP contribution in [-0.4, -0.2) is 78.0 Å². The summed E-state index contributed by atoms with van der Waals surface area (Å²) in [6, 6.07) is -4.13. The highest BCUT2D eigenvalue weighted by molar-refractivity contribution is 5.93. The largest absolute Gasteiger partial charge is 0.480 e. The third-order valence-electron chi connectivity index (χ3n) is 4.91. The highest BCUT2D eigenvalue weighted by Crippen LogP contribution is 2.04. The lowest BCUT2D eigenvalue weighted by atomic mass is 10.0. The van der Waals surface area contributed by atoms with Gasteiger partial charge in [-0.1, -0.05) is 13.8 Å². The summed E-state index contributed by atoms with van der Waals surface area (Å²) >= 11 is 0. The number of nitrogens with two attached hydrogens (primary N) is 5. The zero-order chi connectivity index (χ0) is 27.1. The van der Waals surface area contributed by atoms with Gasteiger partial charge in [-0.25, -0.2) is 4.79 Å². The predicted molar refractivity (Wildman–Crippen MR) is 132 cm³/mol. The van der Waals surface area contributed by atoms with E-state index >= 15 is 0 Å². The van der Waals surface area contributed by atoms with Crippen LogP contribution < -0.4 is 44.6 Å². The molecule has 4 atom stereocenters. The Labute approximate surface area is 204 Å². The molecule has 14 N–H and O–H groups in total. The number of hydrogen-bond donors (Lipinski definition) is 9. The summed E-state index contributed by atoms with van der Waals surface area (Å²) in [6.07, 6.45) is 0.936. The number of aliphatic carboxylic acids is 1. The van der Waals surface area contributed by atoms with Crippen LogP contribution in [0.2, 0.25) is 0 Å². The number of guanidine groups is 2. The Kier molecular flexibility index (Phi) is 14.4. The Bertz CT molecular complexity index is 778. The second-order valence-corrected chi connectivity index (χ2v) is 8.36. The third kappa shape index (κ3) is 13.6. The number of nitrogens with zero attached hydrogens (tertiary/aromatic N) is 2. The van der Waals surface area contributed by atoms with Crippen molar-refractivity contribution in [1.29, 1.82) is 0 Å². The molecule has 200 valence electrons. The first-order valence-corrected chi connectivity index (χ1v) is 11.3. The van der Waals surface area contributed by atoms with Gasteiger partial charge in [0.25, 0.3) is 0 Å². The van der Waals surface area contributed by atoms with Gasteiger partial charge >= 0.3 is 5.97 Å². The van der Waals surface area contributed by atoms with Gasteiger partial charge in [0.2, 0.25) is 17.7 Å². The molecule has 0 bridgehead atoms. The summed E-state index contributed by atoms with van der Waals surface area (Å²) in [7, 11) is 0. The highest BCUT2D eigenvalue weighted by Gasteiger charge is 2.28. The van der Waals surface area contributed by atoms with Crippen LogP contribution in [0, 0.1) is 5.92 Å². The van der Waals surface area contributed by atoms with Gasteiger partial charge in [0.1, 0.15) is 18.1 Å². The van der Waals surface area contributed by atoms with Crippen LogP contribution in [0.3, 0.4) is 0 Å². The van der Waals surface area contributed by atoms with Crippen LogP contribution in [0.1, 0.15) is 46.5 Å². The molecule has 0 aromatic carbocycles. The number of aliphatic imine (C=N–C) groups is 2. The van der Waals surface area contributed by atoms with E-state index in [2.05, 4.69) is 25.9 Å². The molecule has 0 saturated heterocycles. The Morgan fingerprint density at radius 3 is 1.63 bits per heavy atom. The molecule has 0 spiro atoms. The van der Waals surface area contributed by atoms with Gasteiger partial charge in [0.05, 0.1) is 6.04 Å². The summed E-state index contributed by atoms with van der Waals surface area (Å²) in [5.41, 5.74) is 26.9. The molecule has 0 heterocycles. The maximum absolute atomic E-state index is 12.8. The number of nitrogens with one attached hydrogen (secondary N) is 3. The lowest BCUT2D eigenvalue weighted by Crippen LogP contribution is -2.56. The molecule has 0 saturated carbocycles. The van der Waals surface area contributed by atoms with E-state index in [1.807, 2.05) is 0 Å². The molecule has 0 aromatic rings. The molecule has 15 heteroatoms. The van der Waals surface area contributed by atoms with Gasteiger partial charge < -0.3 is 49.7 Å². The first-order valence-electron chi connectivity index (χ1n) is 11.3. The SMILES string of the molecule is CC(NC(=O)C(CCCN=C(N)N)NC(=O)C(N)C(C)C)C(=O)NC(CCCN=C(N)N)C(=O)O. The molecule has 0 aliphatic heterocycles. The maximum Gasteiger partial charge on any atom is 0.326 e. The molecule has 35 heavy (non-hydrogen) atoms. The topological polar surface area (TPSA) is 279 Å². The van der Waals surface area contributed by atoms with E-state index in [-0.39, 0.29) is 43.8 Å². The first-order chi connectivity index (χ1) is 16.3. The smallest absolute Gasteiger partial charge is 0.326 e. The van der Waals surface area contributed by atoms with Gasteiger partial charge in [0.15, 0.2) is 11.9 Å². The molecule has 0 aliphatic carbocycles. The Balaban J connectivity index is 5.14. The van der Waals surface area contributed by atoms with Crippen molar-refractivity contribution in [2.45, 2.75) is 70.6 Å². The number of amides is 3. The van der Waals surface area contributed by atoms with Crippen molar-refractivity contribution in [2.24, 2.45) is 44.6 Å². The summed E-state index contributed by atoms with van der Waals surface area (Å²) < 4.78 is 0. The van der Waals surface area contributed by atoms with Gasteiger partial charge in [-0.2, -0.15) is 0 Å². The van der Waals surface area contributed by atoms with Crippen molar-refractivity contribution in [3.63, 3.8) is 0 Å².